The van der Waals surface area contributed by atoms with Gasteiger partial charge in [0, 0.05) is 0 Å². The fourth-order valence-corrected chi connectivity index (χ4v) is 3.15. The van der Waals surface area contributed by atoms with E-state index in [0.717, 1.165) is 29.7 Å². The van der Waals surface area contributed by atoms with Crippen LogP contribution in [0.25, 0.3) is 0 Å². The summed E-state index contributed by atoms with van der Waals surface area (Å²) in [5.41, 5.74) is 5.95. The van der Waals surface area contributed by atoms with Gasteiger partial charge in [0.15, 0.2) is 0 Å². The van der Waals surface area contributed by atoms with Crippen LogP contribution in [-0.2, 0) is 30.7 Å². The molecule has 2 aromatic rings. The highest BCUT2D eigenvalue weighted by molar-refractivity contribution is 5.70. The lowest BCUT2D eigenvalue weighted by atomic mass is 10.0. The first kappa shape index (κ1) is 14.6. The fourth-order valence-electron chi connectivity index (χ4n) is 3.15. The number of carboxylic acids is 1. The Morgan fingerprint density at radius 2 is 1.91 bits per heavy atom. The number of benzene rings is 2. The lowest BCUT2D eigenvalue weighted by molar-refractivity contribution is -0.136. The number of ether oxygens (including phenoxy) is 1. The molecule has 0 bridgehead atoms. The van der Waals surface area contributed by atoms with Crippen molar-refractivity contribution < 1.29 is 14.6 Å². The Balaban J connectivity index is 1.73. The zero-order valence-corrected chi connectivity index (χ0v) is 12.8. The van der Waals surface area contributed by atoms with E-state index in [1.807, 2.05) is 24.3 Å². The molecule has 0 saturated carbocycles. The van der Waals surface area contributed by atoms with Crippen molar-refractivity contribution >= 4 is 5.97 Å². The van der Waals surface area contributed by atoms with Crippen LogP contribution in [0.2, 0.25) is 0 Å². The molecule has 0 amide bonds. The van der Waals surface area contributed by atoms with E-state index in [-0.39, 0.29) is 6.42 Å². The lowest BCUT2D eigenvalue weighted by Crippen LogP contribution is -2.03. The zero-order chi connectivity index (χ0) is 15.5. The third kappa shape index (κ3) is 3.14. The maximum absolute atomic E-state index is 10.8. The highest BCUT2D eigenvalue weighted by Gasteiger charge is 2.17. The number of hydrogen-bond donors (Lipinski definition) is 1. The summed E-state index contributed by atoms with van der Waals surface area (Å²) < 4.78 is 6.00. The van der Waals surface area contributed by atoms with E-state index in [1.54, 1.807) is 0 Å². The first-order valence-electron chi connectivity index (χ1n) is 7.67. The molecular weight excluding hydrogens is 276 g/mol. The van der Waals surface area contributed by atoms with E-state index in [0.29, 0.717) is 6.61 Å². The highest BCUT2D eigenvalue weighted by Crippen LogP contribution is 2.33. The molecule has 3 rings (SSSR count). The molecular formula is C19H20O3. The first-order valence-corrected chi connectivity index (χ1v) is 7.67. The monoisotopic (exact) mass is 296 g/mol. The molecule has 0 spiro atoms. The van der Waals surface area contributed by atoms with Crippen molar-refractivity contribution in [2.24, 2.45) is 0 Å². The SMILES string of the molecule is Cc1ccc(OCc2cccc(CC(=O)O)c2)c2c1CCC2. The van der Waals surface area contributed by atoms with Crippen LogP contribution in [0.15, 0.2) is 36.4 Å². The minimum absolute atomic E-state index is 0.0494. The van der Waals surface area contributed by atoms with Gasteiger partial charge in [-0.1, -0.05) is 30.3 Å². The average Bonchev–Trinajstić information content (AvgIpc) is 2.97. The molecule has 0 radical (unpaired) electrons. The van der Waals surface area contributed by atoms with Crippen LogP contribution in [-0.4, -0.2) is 11.1 Å². The van der Waals surface area contributed by atoms with Gasteiger partial charge < -0.3 is 9.84 Å². The Morgan fingerprint density at radius 1 is 1.14 bits per heavy atom. The van der Waals surface area contributed by atoms with E-state index in [9.17, 15) is 4.79 Å². The molecule has 0 unspecified atom stereocenters. The number of fused-ring (bicyclic) bond motifs is 1. The summed E-state index contributed by atoms with van der Waals surface area (Å²) >= 11 is 0. The molecule has 1 aliphatic rings. The Morgan fingerprint density at radius 3 is 2.73 bits per heavy atom. The summed E-state index contributed by atoms with van der Waals surface area (Å²) in [5.74, 6) is 0.163. The summed E-state index contributed by atoms with van der Waals surface area (Å²) in [6, 6.07) is 11.8. The van der Waals surface area contributed by atoms with Crippen molar-refractivity contribution in [3.8, 4) is 5.75 Å². The largest absolute Gasteiger partial charge is 0.489 e. The number of rotatable bonds is 5. The molecule has 3 nitrogen and oxygen atoms in total. The second kappa shape index (κ2) is 6.22. The molecule has 1 aliphatic carbocycles. The van der Waals surface area contributed by atoms with E-state index in [4.69, 9.17) is 9.84 Å². The van der Waals surface area contributed by atoms with Gasteiger partial charge in [-0.25, -0.2) is 0 Å². The second-order valence-electron chi connectivity index (χ2n) is 5.87. The smallest absolute Gasteiger partial charge is 0.307 e. The van der Waals surface area contributed by atoms with Crippen molar-refractivity contribution in [3.63, 3.8) is 0 Å². The van der Waals surface area contributed by atoms with Crippen molar-refractivity contribution in [3.05, 3.63) is 64.2 Å². The summed E-state index contributed by atoms with van der Waals surface area (Å²) in [6.07, 6.45) is 3.48. The van der Waals surface area contributed by atoms with Gasteiger partial charge in [-0.3, -0.25) is 4.79 Å². The van der Waals surface area contributed by atoms with Crippen LogP contribution in [0.4, 0.5) is 0 Å². The third-order valence-corrected chi connectivity index (χ3v) is 4.22. The van der Waals surface area contributed by atoms with E-state index < -0.39 is 5.97 Å². The molecule has 1 N–H and O–H groups in total. The van der Waals surface area contributed by atoms with Crippen molar-refractivity contribution in [2.75, 3.05) is 0 Å². The number of hydrogen-bond acceptors (Lipinski definition) is 2. The van der Waals surface area contributed by atoms with Crippen LogP contribution in [0.1, 0.15) is 34.2 Å². The van der Waals surface area contributed by atoms with Crippen LogP contribution < -0.4 is 4.74 Å². The summed E-state index contributed by atoms with van der Waals surface area (Å²) in [5, 5.41) is 8.87. The predicted octanol–water partition coefficient (Wildman–Crippen LogP) is 3.69. The van der Waals surface area contributed by atoms with Gasteiger partial charge in [0.1, 0.15) is 12.4 Å². The summed E-state index contributed by atoms with van der Waals surface area (Å²) in [7, 11) is 0. The molecule has 0 heterocycles. The Labute approximate surface area is 130 Å². The molecule has 0 fully saturated rings. The Bertz CT molecular complexity index is 704. The maximum Gasteiger partial charge on any atom is 0.307 e. The van der Waals surface area contributed by atoms with Crippen LogP contribution in [0.3, 0.4) is 0 Å². The molecule has 2 aromatic carbocycles. The molecule has 22 heavy (non-hydrogen) atoms. The zero-order valence-electron chi connectivity index (χ0n) is 12.8. The van der Waals surface area contributed by atoms with Crippen LogP contribution >= 0.6 is 0 Å². The van der Waals surface area contributed by atoms with Gasteiger partial charge in [-0.05, 0) is 60.1 Å². The van der Waals surface area contributed by atoms with Gasteiger partial charge >= 0.3 is 5.97 Å². The van der Waals surface area contributed by atoms with Gasteiger partial charge in [0.05, 0.1) is 6.42 Å². The highest BCUT2D eigenvalue weighted by atomic mass is 16.5. The molecule has 3 heteroatoms. The Kier molecular flexibility index (Phi) is 4.14. The quantitative estimate of drug-likeness (QED) is 0.915. The van der Waals surface area contributed by atoms with Gasteiger partial charge in [-0.15, -0.1) is 0 Å². The number of carbonyl (C=O) groups is 1. The first-order chi connectivity index (χ1) is 10.6. The standard InChI is InChI=1S/C19H20O3/c1-13-8-9-18(17-7-3-6-16(13)17)22-12-15-5-2-4-14(10-15)11-19(20)21/h2,4-5,8-10H,3,6-7,11-12H2,1H3,(H,20,21). The molecule has 0 saturated heterocycles. The van der Waals surface area contributed by atoms with Gasteiger partial charge in [0.2, 0.25) is 0 Å². The third-order valence-electron chi connectivity index (χ3n) is 4.22. The van der Waals surface area contributed by atoms with Gasteiger partial charge in [-0.2, -0.15) is 0 Å². The molecule has 114 valence electrons. The minimum atomic E-state index is -0.811. The number of aryl methyl sites for hydroxylation is 1. The topological polar surface area (TPSA) is 46.5 Å². The average molecular weight is 296 g/mol. The van der Waals surface area contributed by atoms with Gasteiger partial charge in [0.25, 0.3) is 0 Å². The predicted molar refractivity (Wildman–Crippen MR) is 85.3 cm³/mol. The van der Waals surface area contributed by atoms with E-state index >= 15 is 0 Å². The number of aliphatic carboxylic acids is 1. The molecule has 0 atom stereocenters. The van der Waals surface area contributed by atoms with Crippen LogP contribution in [0, 0.1) is 6.92 Å². The van der Waals surface area contributed by atoms with E-state index in [1.165, 1.54) is 23.1 Å². The summed E-state index contributed by atoms with van der Waals surface area (Å²) in [4.78, 5) is 10.8. The number of carboxylic acid groups (broad SMARTS) is 1. The molecule has 0 aliphatic heterocycles. The van der Waals surface area contributed by atoms with Crippen LogP contribution in [0.5, 0.6) is 5.75 Å². The van der Waals surface area contributed by atoms with Crippen molar-refractivity contribution in [1.29, 1.82) is 0 Å². The lowest BCUT2D eigenvalue weighted by Gasteiger charge is -2.13. The maximum atomic E-state index is 10.8. The minimum Gasteiger partial charge on any atom is -0.489 e. The van der Waals surface area contributed by atoms with Crippen molar-refractivity contribution in [1.82, 2.24) is 0 Å². The normalized spacial score (nSPS) is 13.0. The molecule has 0 aromatic heterocycles. The Hall–Kier alpha value is -2.29. The second-order valence-corrected chi connectivity index (χ2v) is 5.87. The fraction of sp³-hybridized carbons (Fsp3) is 0.316. The van der Waals surface area contributed by atoms with Crippen molar-refractivity contribution in [2.45, 2.75) is 39.2 Å². The summed E-state index contributed by atoms with van der Waals surface area (Å²) in [6.45, 7) is 2.63. The van der Waals surface area contributed by atoms with E-state index in [2.05, 4.69) is 19.1 Å².